The highest BCUT2D eigenvalue weighted by Crippen LogP contribution is 2.32. The number of nitrogens with one attached hydrogen (secondary N) is 2. The van der Waals surface area contributed by atoms with Crippen LogP contribution in [0.5, 0.6) is 0 Å². The van der Waals surface area contributed by atoms with Gasteiger partial charge in [-0.05, 0) is 30.2 Å². The fourth-order valence-corrected chi connectivity index (χ4v) is 4.93. The van der Waals surface area contributed by atoms with Crippen molar-refractivity contribution in [2.45, 2.75) is 20.0 Å². The number of rotatable bonds is 7. The molecule has 3 aromatic carbocycles. The Morgan fingerprint density at radius 2 is 1.54 bits per heavy atom. The number of hydrogen-bond acceptors (Lipinski definition) is 6. The van der Waals surface area contributed by atoms with Gasteiger partial charge in [-0.3, -0.25) is 5.10 Å². The molecule has 0 bridgehead atoms. The zero-order chi connectivity index (χ0) is 25.0. The molecule has 2 N–H and O–H groups in total. The fourth-order valence-electron chi connectivity index (χ4n) is 4.93. The summed E-state index contributed by atoms with van der Waals surface area (Å²) in [6.07, 6.45) is 1.92. The molecule has 1 aliphatic rings. The summed E-state index contributed by atoms with van der Waals surface area (Å²) < 4.78 is 0. The van der Waals surface area contributed by atoms with E-state index in [9.17, 15) is 0 Å². The molecule has 3 heterocycles. The number of aromatic amines is 1. The van der Waals surface area contributed by atoms with Crippen molar-refractivity contribution < 1.29 is 0 Å². The van der Waals surface area contributed by atoms with Crippen LogP contribution in [0.4, 0.5) is 11.6 Å². The van der Waals surface area contributed by atoms with Gasteiger partial charge in [-0.15, -0.1) is 0 Å². The van der Waals surface area contributed by atoms with Crippen LogP contribution in [0.25, 0.3) is 22.2 Å². The summed E-state index contributed by atoms with van der Waals surface area (Å²) in [6.45, 7) is 7.22. The van der Waals surface area contributed by atoms with Crippen molar-refractivity contribution in [2.75, 3.05) is 36.0 Å². The highest BCUT2D eigenvalue weighted by Gasteiger charge is 2.23. The summed E-state index contributed by atoms with van der Waals surface area (Å²) in [5, 5.41) is 12.0. The number of fused-ring (bicyclic) bond motifs is 1. The number of aromatic nitrogens is 4. The number of anilines is 2. The molecule has 0 saturated carbocycles. The Morgan fingerprint density at radius 1 is 0.865 bits per heavy atom. The molecule has 186 valence electrons. The Hall–Kier alpha value is -4.23. The maximum atomic E-state index is 5.25. The zero-order valence-corrected chi connectivity index (χ0v) is 21.1. The van der Waals surface area contributed by atoms with Crippen LogP contribution in [0.15, 0.2) is 85.1 Å². The molecule has 0 spiro atoms. The number of nitrogens with zero attached hydrogens (tertiary/aromatic N) is 5. The second-order valence-electron chi connectivity index (χ2n) is 9.55. The molecule has 7 heteroatoms. The molecule has 5 aromatic rings. The van der Waals surface area contributed by atoms with Crippen LogP contribution in [-0.2, 0) is 13.1 Å². The molecule has 1 fully saturated rings. The van der Waals surface area contributed by atoms with Gasteiger partial charge in [0.1, 0.15) is 0 Å². The van der Waals surface area contributed by atoms with Crippen LogP contribution in [0.1, 0.15) is 16.8 Å². The van der Waals surface area contributed by atoms with E-state index >= 15 is 0 Å². The van der Waals surface area contributed by atoms with E-state index in [-0.39, 0.29) is 0 Å². The first-order chi connectivity index (χ1) is 18.2. The molecule has 2 aromatic heterocycles. The van der Waals surface area contributed by atoms with E-state index in [4.69, 9.17) is 9.97 Å². The number of benzene rings is 3. The fraction of sp³-hybridized carbons (Fsp3) is 0.233. The Bertz CT molecular complexity index is 1430. The van der Waals surface area contributed by atoms with Gasteiger partial charge in [0.2, 0.25) is 0 Å². The number of aryl methyl sites for hydroxylation is 1. The molecule has 0 aliphatic carbocycles. The Balaban J connectivity index is 1.44. The lowest BCUT2D eigenvalue weighted by Gasteiger charge is -2.33. The van der Waals surface area contributed by atoms with Crippen molar-refractivity contribution in [1.29, 1.82) is 0 Å². The van der Waals surface area contributed by atoms with E-state index in [1.54, 1.807) is 0 Å². The van der Waals surface area contributed by atoms with E-state index in [1.165, 1.54) is 11.1 Å². The van der Waals surface area contributed by atoms with Crippen molar-refractivity contribution in [3.05, 3.63) is 102 Å². The van der Waals surface area contributed by atoms with Gasteiger partial charge in [0, 0.05) is 55.9 Å². The summed E-state index contributed by atoms with van der Waals surface area (Å²) in [5.41, 5.74) is 6.43. The molecule has 0 atom stereocenters. The van der Waals surface area contributed by atoms with Gasteiger partial charge in [-0.2, -0.15) is 5.10 Å². The molecule has 0 radical (unpaired) electrons. The molecule has 1 aliphatic heterocycles. The lowest BCUT2D eigenvalue weighted by molar-refractivity contribution is 0.583. The third kappa shape index (κ3) is 5.04. The first-order valence-electron chi connectivity index (χ1n) is 12.9. The van der Waals surface area contributed by atoms with Gasteiger partial charge >= 0.3 is 0 Å². The van der Waals surface area contributed by atoms with Crippen molar-refractivity contribution in [3.8, 4) is 11.3 Å². The molecule has 0 unspecified atom stereocenters. The SMILES string of the molecule is Cc1[nH]nc2ccc(-c3cnc(N(Cc4ccccc4)Cc4ccccc4)c(N4CCNCC4)n3)cc12. The maximum Gasteiger partial charge on any atom is 0.172 e. The van der Waals surface area contributed by atoms with Crippen LogP contribution in [0, 0.1) is 6.92 Å². The summed E-state index contributed by atoms with van der Waals surface area (Å²) in [5.74, 6) is 1.86. The maximum absolute atomic E-state index is 5.25. The number of hydrogen-bond donors (Lipinski definition) is 2. The molecular weight excluding hydrogens is 458 g/mol. The van der Waals surface area contributed by atoms with Crippen LogP contribution in [0.3, 0.4) is 0 Å². The summed E-state index contributed by atoms with van der Waals surface area (Å²) in [4.78, 5) is 15.1. The van der Waals surface area contributed by atoms with E-state index in [0.29, 0.717) is 0 Å². The smallest absolute Gasteiger partial charge is 0.172 e. The summed E-state index contributed by atoms with van der Waals surface area (Å²) >= 11 is 0. The van der Waals surface area contributed by atoms with Crippen molar-refractivity contribution >= 4 is 22.5 Å². The molecule has 6 rings (SSSR count). The minimum absolute atomic E-state index is 0.753. The summed E-state index contributed by atoms with van der Waals surface area (Å²) in [7, 11) is 0. The average molecular weight is 490 g/mol. The van der Waals surface area contributed by atoms with Crippen molar-refractivity contribution in [3.63, 3.8) is 0 Å². The van der Waals surface area contributed by atoms with Gasteiger partial charge in [-0.25, -0.2) is 9.97 Å². The second kappa shape index (κ2) is 10.4. The molecular formula is C30H31N7. The van der Waals surface area contributed by atoms with E-state index in [1.807, 2.05) is 19.2 Å². The first kappa shape index (κ1) is 23.2. The van der Waals surface area contributed by atoms with Gasteiger partial charge in [0.15, 0.2) is 11.6 Å². The van der Waals surface area contributed by atoms with E-state index in [2.05, 4.69) is 98.1 Å². The predicted octanol–water partition coefficient (Wildman–Crippen LogP) is 4.94. The largest absolute Gasteiger partial charge is 0.351 e. The lowest BCUT2D eigenvalue weighted by Crippen LogP contribution is -2.44. The minimum Gasteiger partial charge on any atom is -0.351 e. The number of H-pyrrole nitrogens is 1. The predicted molar refractivity (Wildman–Crippen MR) is 150 cm³/mol. The van der Waals surface area contributed by atoms with Crippen molar-refractivity contribution in [2.24, 2.45) is 0 Å². The first-order valence-corrected chi connectivity index (χ1v) is 12.9. The Kier molecular flexibility index (Phi) is 6.52. The molecule has 0 amide bonds. The average Bonchev–Trinajstić information content (AvgIpc) is 3.34. The Morgan fingerprint density at radius 3 is 2.22 bits per heavy atom. The van der Waals surface area contributed by atoms with Gasteiger partial charge in [0.05, 0.1) is 17.4 Å². The quantitative estimate of drug-likeness (QED) is 0.337. The minimum atomic E-state index is 0.753. The number of piperazine rings is 1. The topological polar surface area (TPSA) is 73.0 Å². The van der Waals surface area contributed by atoms with Gasteiger partial charge in [0.25, 0.3) is 0 Å². The Labute approximate surface area is 217 Å². The molecule has 37 heavy (non-hydrogen) atoms. The highest BCUT2D eigenvalue weighted by atomic mass is 15.3. The van der Waals surface area contributed by atoms with E-state index in [0.717, 1.165) is 78.8 Å². The third-order valence-corrected chi connectivity index (χ3v) is 6.92. The van der Waals surface area contributed by atoms with Crippen LogP contribution < -0.4 is 15.1 Å². The highest BCUT2D eigenvalue weighted by molar-refractivity contribution is 5.86. The van der Waals surface area contributed by atoms with Crippen LogP contribution >= 0.6 is 0 Å². The molecule has 7 nitrogen and oxygen atoms in total. The lowest BCUT2D eigenvalue weighted by atomic mass is 10.1. The normalized spacial score (nSPS) is 13.7. The van der Waals surface area contributed by atoms with Gasteiger partial charge < -0.3 is 15.1 Å². The van der Waals surface area contributed by atoms with Gasteiger partial charge in [-0.1, -0.05) is 66.7 Å². The zero-order valence-electron chi connectivity index (χ0n) is 21.1. The molecule has 1 saturated heterocycles. The monoisotopic (exact) mass is 489 g/mol. The van der Waals surface area contributed by atoms with Crippen LogP contribution in [0.2, 0.25) is 0 Å². The van der Waals surface area contributed by atoms with Crippen LogP contribution in [-0.4, -0.2) is 46.3 Å². The standard InChI is InChI=1S/C30H31N7/c1-22-26-18-25(12-13-27(26)35-34-22)28-19-32-29(30(33-28)36-16-14-31-15-17-36)37(20-23-8-4-2-5-9-23)21-24-10-6-3-7-11-24/h2-13,18-19,31H,14-17,20-21H2,1H3,(H,34,35). The van der Waals surface area contributed by atoms with Crippen molar-refractivity contribution in [1.82, 2.24) is 25.5 Å². The van der Waals surface area contributed by atoms with E-state index < -0.39 is 0 Å². The third-order valence-electron chi connectivity index (χ3n) is 6.92. The second-order valence-corrected chi connectivity index (χ2v) is 9.55. The summed E-state index contributed by atoms with van der Waals surface area (Å²) in [6, 6.07) is 27.5.